The third kappa shape index (κ3) is 45.5. The molecule has 0 bridgehead atoms. The van der Waals surface area contributed by atoms with E-state index >= 15 is 0 Å². The topological polar surface area (TPSA) is 211 Å². The van der Waals surface area contributed by atoms with Crippen LogP contribution in [0.5, 0.6) is 0 Å². The van der Waals surface area contributed by atoms with Gasteiger partial charge in [-0.25, -0.2) is 0 Å². The van der Waals surface area contributed by atoms with Gasteiger partial charge in [0.25, 0.3) is 0 Å². The van der Waals surface area contributed by atoms with Crippen molar-refractivity contribution < 1.29 is 53.3 Å². The van der Waals surface area contributed by atoms with Crippen LogP contribution in [0.4, 0.5) is 0 Å². The van der Waals surface area contributed by atoms with Crippen molar-refractivity contribution in [2.75, 3.05) is 0 Å². The standard InChI is InChI=1S/C2H2O4.Fe.H3N.3H2O/c3-1(4)2(5)6;;;;;/h(H,3,4)(H,5,6);;1H3;3*1H2/q;+3;;;;/p-1. The van der Waals surface area contributed by atoms with Crippen LogP contribution in [-0.2, 0) is 26.7 Å². The fourth-order valence-electron chi connectivity index (χ4n) is 0. The summed E-state index contributed by atoms with van der Waals surface area (Å²) in [6.07, 6.45) is 0. The summed E-state index contributed by atoms with van der Waals surface area (Å²) in [5.41, 5.74) is 0. The van der Waals surface area contributed by atoms with Gasteiger partial charge in [0.05, 0.1) is 11.9 Å². The van der Waals surface area contributed by atoms with Crippen LogP contribution in [0.3, 0.4) is 0 Å². The molecule has 9 heteroatoms. The van der Waals surface area contributed by atoms with Gasteiger partial charge in [0.1, 0.15) is 0 Å². The van der Waals surface area contributed by atoms with Crippen molar-refractivity contribution in [1.82, 2.24) is 6.15 Å². The zero-order chi connectivity index (χ0) is 5.15. The van der Waals surface area contributed by atoms with Gasteiger partial charge in [-0.2, -0.15) is 0 Å². The Hall–Kier alpha value is -0.701. The minimum Gasteiger partial charge on any atom is -0.543 e. The number of rotatable bonds is 0. The zero-order valence-electron chi connectivity index (χ0n) is 5.49. The van der Waals surface area contributed by atoms with Crippen molar-refractivity contribution in [3.05, 3.63) is 0 Å². The second-order valence-corrected chi connectivity index (χ2v) is 0.575. The van der Waals surface area contributed by atoms with E-state index in [0.717, 1.165) is 0 Å². The molecule has 0 spiro atoms. The summed E-state index contributed by atoms with van der Waals surface area (Å²) in [6.45, 7) is 0. The summed E-state index contributed by atoms with van der Waals surface area (Å²) in [5.74, 6) is -4.37. The minimum atomic E-state index is -2.19. The Kier molecular flexibility index (Phi) is 99.9. The molecule has 0 amide bonds. The van der Waals surface area contributed by atoms with Gasteiger partial charge in [-0.05, 0) is 0 Å². The van der Waals surface area contributed by atoms with Crippen LogP contribution >= 0.6 is 0 Å². The van der Waals surface area contributed by atoms with Crippen LogP contribution in [0.2, 0.25) is 0 Å². The molecule has 0 aliphatic rings. The molecule has 0 aromatic rings. The predicted molar refractivity (Wildman–Crippen MR) is 26.8 cm³/mol. The van der Waals surface area contributed by atoms with Gasteiger partial charge in [0, 0.05) is 0 Å². The fourth-order valence-corrected chi connectivity index (χ4v) is 0. The second-order valence-electron chi connectivity index (χ2n) is 0.575. The van der Waals surface area contributed by atoms with Gasteiger partial charge in [0.2, 0.25) is 0 Å². The number of quaternary nitrogens is 1. The summed E-state index contributed by atoms with van der Waals surface area (Å²) in [5, 5.41) is 17.9. The first-order valence-electron chi connectivity index (χ1n) is 1.07. The Morgan fingerprint density at radius 1 is 0.818 bits per heavy atom. The number of carbonyl (C=O) groups is 2. The Morgan fingerprint density at radius 2 is 0.909 bits per heavy atom. The van der Waals surface area contributed by atoms with Gasteiger partial charge < -0.3 is 42.4 Å². The molecule has 8 nitrogen and oxygen atoms in total. The molecule has 0 rings (SSSR count). The van der Waals surface area contributed by atoms with Gasteiger partial charge in [-0.15, -0.1) is 0 Å². The number of carboxylic acids is 2. The SMILES string of the molecule is O.O.O.O=C([O-])C(=O)[O-].[Fe+3].[NH4+]. The average molecular weight is 216 g/mol. The largest absolute Gasteiger partial charge is 3.00 e. The van der Waals surface area contributed by atoms with Crippen molar-refractivity contribution >= 4 is 11.9 Å². The number of carboxylic acid groups (broad SMARTS) is 2. The first-order valence-corrected chi connectivity index (χ1v) is 1.07. The molecule has 10 N–H and O–H groups in total. The number of aliphatic carboxylic acids is 2. The first kappa shape index (κ1) is 48.2. The summed E-state index contributed by atoms with van der Waals surface area (Å²) in [6, 6.07) is 0. The van der Waals surface area contributed by atoms with E-state index in [2.05, 4.69) is 0 Å². The van der Waals surface area contributed by atoms with E-state index in [1.807, 2.05) is 0 Å². The number of hydrogen-bond acceptors (Lipinski definition) is 4. The average Bonchev–Trinajstić information content (AvgIpc) is 1.36. The Balaban J connectivity index is -0.0000000125. The number of hydrogen-bond donors (Lipinski definition) is 1. The molecule has 0 unspecified atom stereocenters. The van der Waals surface area contributed by atoms with E-state index in [0.29, 0.717) is 0 Å². The summed E-state index contributed by atoms with van der Waals surface area (Å²) in [4.78, 5) is 17.9. The van der Waals surface area contributed by atoms with Gasteiger partial charge in [0.15, 0.2) is 0 Å². The third-order valence-corrected chi connectivity index (χ3v) is 0.167. The van der Waals surface area contributed by atoms with E-state index in [4.69, 9.17) is 19.8 Å². The number of carbonyl (C=O) groups excluding carboxylic acids is 2. The van der Waals surface area contributed by atoms with Crippen LogP contribution in [0.1, 0.15) is 0 Å². The first-order chi connectivity index (χ1) is 2.64. The molecule has 0 heterocycles. The molecule has 0 atom stereocenters. The Morgan fingerprint density at radius 3 is 0.909 bits per heavy atom. The van der Waals surface area contributed by atoms with Crippen LogP contribution < -0.4 is 16.4 Å². The maximum Gasteiger partial charge on any atom is 3.00 e. The van der Waals surface area contributed by atoms with Crippen LogP contribution in [0, 0.1) is 0 Å². The summed E-state index contributed by atoms with van der Waals surface area (Å²) in [7, 11) is 0. The predicted octanol–water partition coefficient (Wildman–Crippen LogP) is -5.61. The molecule has 0 fully saturated rings. The zero-order valence-corrected chi connectivity index (χ0v) is 6.59. The molecule has 0 saturated carbocycles. The van der Waals surface area contributed by atoms with Gasteiger partial charge in [-0.1, -0.05) is 0 Å². The molecule has 0 aromatic carbocycles. The Bertz CT molecular complexity index is 82.4. The molecule has 71 valence electrons. The fraction of sp³-hybridized carbons (Fsp3) is 0. The minimum absolute atomic E-state index is 0. The van der Waals surface area contributed by atoms with E-state index in [1.54, 1.807) is 0 Å². The monoisotopic (exact) mass is 216 g/mol. The van der Waals surface area contributed by atoms with Crippen LogP contribution in [0.15, 0.2) is 0 Å². The van der Waals surface area contributed by atoms with E-state index in [9.17, 15) is 0 Å². The van der Waals surface area contributed by atoms with Gasteiger partial charge >= 0.3 is 17.1 Å². The summed E-state index contributed by atoms with van der Waals surface area (Å²) < 4.78 is 0. The van der Waals surface area contributed by atoms with Crippen molar-refractivity contribution in [3.63, 3.8) is 0 Å². The molecule has 0 saturated heterocycles. The van der Waals surface area contributed by atoms with Crippen molar-refractivity contribution in [2.45, 2.75) is 0 Å². The van der Waals surface area contributed by atoms with E-state index < -0.39 is 11.9 Å². The molecule has 0 aliphatic heterocycles. The molecular formula is C2H10FeNO7+2. The maximum atomic E-state index is 8.93. The van der Waals surface area contributed by atoms with Gasteiger partial charge in [-0.3, -0.25) is 0 Å². The normalized spacial score (nSPS) is 4.00. The molecule has 0 aliphatic carbocycles. The van der Waals surface area contributed by atoms with E-state index in [1.165, 1.54) is 0 Å². The van der Waals surface area contributed by atoms with Crippen molar-refractivity contribution in [3.8, 4) is 0 Å². The molecular weight excluding hydrogens is 206 g/mol. The quantitative estimate of drug-likeness (QED) is 0.309. The van der Waals surface area contributed by atoms with Crippen LogP contribution in [0.25, 0.3) is 0 Å². The van der Waals surface area contributed by atoms with E-state index in [-0.39, 0.29) is 39.6 Å². The molecule has 0 aromatic heterocycles. The Labute approximate surface area is 72.2 Å². The summed E-state index contributed by atoms with van der Waals surface area (Å²) >= 11 is 0. The molecule has 11 heavy (non-hydrogen) atoms. The smallest absolute Gasteiger partial charge is 0.543 e. The van der Waals surface area contributed by atoms with Crippen molar-refractivity contribution in [1.29, 1.82) is 0 Å². The maximum absolute atomic E-state index is 8.93. The van der Waals surface area contributed by atoms with Crippen molar-refractivity contribution in [2.24, 2.45) is 0 Å². The second kappa shape index (κ2) is 22.8. The molecule has 1 radical (unpaired) electrons. The van der Waals surface area contributed by atoms with Crippen LogP contribution in [-0.4, -0.2) is 28.4 Å². The third-order valence-electron chi connectivity index (χ3n) is 0.167.